The third-order valence-electron chi connectivity index (χ3n) is 4.20. The van der Waals surface area contributed by atoms with Crippen molar-refractivity contribution >= 4 is 5.69 Å². The van der Waals surface area contributed by atoms with E-state index in [1.54, 1.807) is 12.1 Å². The maximum Gasteiger partial charge on any atom is 0.123 e. The summed E-state index contributed by atoms with van der Waals surface area (Å²) in [5.41, 5.74) is 2.20. The van der Waals surface area contributed by atoms with Gasteiger partial charge in [-0.2, -0.15) is 0 Å². The van der Waals surface area contributed by atoms with Crippen LogP contribution in [0.4, 0.5) is 10.1 Å². The lowest BCUT2D eigenvalue weighted by atomic mass is 10.1. The van der Waals surface area contributed by atoms with E-state index in [1.807, 2.05) is 13.1 Å². The minimum absolute atomic E-state index is 0.162. The molecule has 1 aromatic carbocycles. The number of hydrogen-bond donors (Lipinski definition) is 1. The van der Waals surface area contributed by atoms with Crippen molar-refractivity contribution in [2.24, 2.45) is 0 Å². The zero-order valence-corrected chi connectivity index (χ0v) is 11.4. The smallest absolute Gasteiger partial charge is 0.123 e. The molecule has 0 aromatic heterocycles. The van der Waals surface area contributed by atoms with Gasteiger partial charge in [-0.3, -0.25) is 0 Å². The number of nitrogens with zero attached hydrogens (tertiary/aromatic N) is 1. The molecule has 2 unspecified atom stereocenters. The molecule has 1 aromatic rings. The first-order valence-corrected chi connectivity index (χ1v) is 7.11. The third kappa shape index (κ3) is 2.47. The summed E-state index contributed by atoms with van der Waals surface area (Å²) < 4.78 is 19.3. The quantitative estimate of drug-likeness (QED) is 0.906. The van der Waals surface area contributed by atoms with Crippen LogP contribution in [0.1, 0.15) is 24.8 Å². The van der Waals surface area contributed by atoms with Crippen molar-refractivity contribution in [3.8, 4) is 0 Å². The van der Waals surface area contributed by atoms with E-state index in [-0.39, 0.29) is 5.82 Å². The van der Waals surface area contributed by atoms with E-state index >= 15 is 0 Å². The van der Waals surface area contributed by atoms with E-state index in [1.165, 1.54) is 12.8 Å². The standard InChI is InChI=1S/C15H21FN2O/c1-17-10-11-9-12(16)5-6-13(11)18-7-8-19-15-4-2-3-14(15)18/h5-6,9,14-15,17H,2-4,7-8,10H2,1H3. The minimum atomic E-state index is -0.162. The van der Waals surface area contributed by atoms with Gasteiger partial charge in [0.25, 0.3) is 0 Å². The van der Waals surface area contributed by atoms with Gasteiger partial charge in [0.1, 0.15) is 5.82 Å². The van der Waals surface area contributed by atoms with E-state index in [0.29, 0.717) is 18.7 Å². The Morgan fingerprint density at radius 2 is 2.32 bits per heavy atom. The molecule has 1 aliphatic heterocycles. The number of halogens is 1. The summed E-state index contributed by atoms with van der Waals surface area (Å²) in [6.07, 6.45) is 3.93. The van der Waals surface area contributed by atoms with Gasteiger partial charge in [-0.05, 0) is 50.1 Å². The number of ether oxygens (including phenoxy) is 1. The summed E-state index contributed by atoms with van der Waals surface area (Å²) >= 11 is 0. The third-order valence-corrected chi connectivity index (χ3v) is 4.20. The molecule has 1 heterocycles. The molecule has 3 nitrogen and oxygen atoms in total. The Labute approximate surface area is 113 Å². The lowest BCUT2D eigenvalue weighted by Gasteiger charge is -2.40. The minimum Gasteiger partial charge on any atom is -0.374 e. The normalized spacial score (nSPS) is 26.5. The Balaban J connectivity index is 1.91. The van der Waals surface area contributed by atoms with Gasteiger partial charge < -0.3 is 15.0 Å². The molecule has 0 spiro atoms. The number of morpholine rings is 1. The highest BCUT2D eigenvalue weighted by Crippen LogP contribution is 2.34. The molecule has 2 aliphatic rings. The van der Waals surface area contributed by atoms with Gasteiger partial charge in [0.2, 0.25) is 0 Å². The number of rotatable bonds is 3. The van der Waals surface area contributed by atoms with Crippen molar-refractivity contribution in [2.75, 3.05) is 25.1 Å². The Kier molecular flexibility index (Phi) is 3.71. The van der Waals surface area contributed by atoms with Crippen molar-refractivity contribution in [1.82, 2.24) is 5.32 Å². The van der Waals surface area contributed by atoms with Gasteiger partial charge in [-0.1, -0.05) is 0 Å². The van der Waals surface area contributed by atoms with Crippen molar-refractivity contribution < 1.29 is 9.13 Å². The number of fused-ring (bicyclic) bond motifs is 1. The van der Waals surface area contributed by atoms with Crippen LogP contribution in [0, 0.1) is 5.82 Å². The average molecular weight is 264 g/mol. The van der Waals surface area contributed by atoms with E-state index in [2.05, 4.69) is 10.2 Å². The fourth-order valence-electron chi connectivity index (χ4n) is 3.39. The second kappa shape index (κ2) is 5.47. The largest absolute Gasteiger partial charge is 0.374 e. The first-order chi connectivity index (χ1) is 9.29. The molecule has 4 heteroatoms. The average Bonchev–Trinajstić information content (AvgIpc) is 2.88. The molecule has 0 bridgehead atoms. The van der Waals surface area contributed by atoms with Crippen LogP contribution in [0.15, 0.2) is 18.2 Å². The Bertz CT molecular complexity index is 452. The topological polar surface area (TPSA) is 24.5 Å². The van der Waals surface area contributed by atoms with E-state index in [4.69, 9.17) is 4.74 Å². The molecular formula is C15H21FN2O. The summed E-state index contributed by atoms with van der Waals surface area (Å²) in [7, 11) is 1.90. The zero-order valence-electron chi connectivity index (χ0n) is 11.4. The number of anilines is 1. The molecule has 0 radical (unpaired) electrons. The van der Waals surface area contributed by atoms with Gasteiger partial charge in [0, 0.05) is 18.8 Å². The Morgan fingerprint density at radius 3 is 3.16 bits per heavy atom. The highest BCUT2D eigenvalue weighted by Gasteiger charge is 2.36. The molecule has 19 heavy (non-hydrogen) atoms. The van der Waals surface area contributed by atoms with Crippen molar-refractivity contribution in [3.05, 3.63) is 29.6 Å². The van der Waals surface area contributed by atoms with Gasteiger partial charge in [-0.25, -0.2) is 4.39 Å². The molecule has 1 aliphatic carbocycles. The number of nitrogens with one attached hydrogen (secondary N) is 1. The van der Waals surface area contributed by atoms with Crippen LogP contribution >= 0.6 is 0 Å². The predicted molar refractivity (Wildman–Crippen MR) is 73.9 cm³/mol. The molecule has 0 amide bonds. The second-order valence-corrected chi connectivity index (χ2v) is 5.40. The zero-order chi connectivity index (χ0) is 13.2. The van der Waals surface area contributed by atoms with E-state index < -0.39 is 0 Å². The van der Waals surface area contributed by atoms with Crippen LogP contribution in [-0.2, 0) is 11.3 Å². The summed E-state index contributed by atoms with van der Waals surface area (Å²) in [6.45, 7) is 2.38. The van der Waals surface area contributed by atoms with Crippen LogP contribution < -0.4 is 10.2 Å². The SMILES string of the molecule is CNCc1cc(F)ccc1N1CCOC2CCCC21. The number of benzene rings is 1. The van der Waals surface area contributed by atoms with Crippen molar-refractivity contribution in [2.45, 2.75) is 38.0 Å². The predicted octanol–water partition coefficient (Wildman–Crippen LogP) is 2.30. The fourth-order valence-corrected chi connectivity index (χ4v) is 3.39. The van der Waals surface area contributed by atoms with Crippen LogP contribution in [-0.4, -0.2) is 32.3 Å². The maximum atomic E-state index is 13.4. The Hall–Kier alpha value is -1.13. The van der Waals surface area contributed by atoms with Crippen molar-refractivity contribution in [3.63, 3.8) is 0 Å². The lowest BCUT2D eigenvalue weighted by molar-refractivity contribution is 0.0255. The summed E-state index contributed by atoms with van der Waals surface area (Å²) in [4.78, 5) is 2.42. The molecular weight excluding hydrogens is 243 g/mol. The number of hydrogen-bond acceptors (Lipinski definition) is 3. The Morgan fingerprint density at radius 1 is 1.42 bits per heavy atom. The lowest BCUT2D eigenvalue weighted by Crippen LogP contribution is -2.49. The molecule has 2 fully saturated rings. The van der Waals surface area contributed by atoms with Crippen LogP contribution in [0.2, 0.25) is 0 Å². The highest BCUT2D eigenvalue weighted by atomic mass is 19.1. The summed E-state index contributed by atoms with van der Waals surface area (Å²) in [6, 6.07) is 5.59. The van der Waals surface area contributed by atoms with Gasteiger partial charge >= 0.3 is 0 Å². The summed E-state index contributed by atoms with van der Waals surface area (Å²) in [5.74, 6) is -0.162. The first kappa shape index (κ1) is 12.9. The molecule has 2 atom stereocenters. The molecule has 104 valence electrons. The van der Waals surface area contributed by atoms with Gasteiger partial charge in [0.15, 0.2) is 0 Å². The van der Waals surface area contributed by atoms with Crippen LogP contribution in [0.25, 0.3) is 0 Å². The second-order valence-electron chi connectivity index (χ2n) is 5.40. The highest BCUT2D eigenvalue weighted by molar-refractivity contribution is 5.55. The molecule has 1 saturated carbocycles. The van der Waals surface area contributed by atoms with Crippen LogP contribution in [0.3, 0.4) is 0 Å². The van der Waals surface area contributed by atoms with Crippen molar-refractivity contribution in [1.29, 1.82) is 0 Å². The van der Waals surface area contributed by atoms with Crippen LogP contribution in [0.5, 0.6) is 0 Å². The monoisotopic (exact) mass is 264 g/mol. The van der Waals surface area contributed by atoms with E-state index in [9.17, 15) is 4.39 Å². The molecule has 1 N–H and O–H groups in total. The first-order valence-electron chi connectivity index (χ1n) is 7.11. The maximum absolute atomic E-state index is 13.4. The van der Waals surface area contributed by atoms with Gasteiger partial charge in [-0.15, -0.1) is 0 Å². The fraction of sp³-hybridized carbons (Fsp3) is 0.600. The van der Waals surface area contributed by atoms with Gasteiger partial charge in [0.05, 0.1) is 18.8 Å². The molecule has 1 saturated heterocycles. The summed E-state index contributed by atoms with van der Waals surface area (Å²) in [5, 5.41) is 3.13. The molecule has 3 rings (SSSR count). The van der Waals surface area contributed by atoms with E-state index in [0.717, 1.165) is 30.8 Å².